The lowest BCUT2D eigenvalue weighted by atomic mass is 10.1. The molecule has 0 aliphatic heterocycles. The van der Waals surface area contributed by atoms with Gasteiger partial charge in [-0.15, -0.1) is 11.3 Å². The van der Waals surface area contributed by atoms with E-state index in [4.69, 9.17) is 4.74 Å². The number of aryl methyl sites for hydroxylation is 1. The molecule has 98 valence electrons. The number of thiazole rings is 1. The first-order chi connectivity index (χ1) is 8.07. The molecule has 1 heterocycles. The van der Waals surface area contributed by atoms with E-state index in [1.807, 2.05) is 0 Å². The van der Waals surface area contributed by atoms with Crippen LogP contribution in [0.15, 0.2) is 0 Å². The van der Waals surface area contributed by atoms with Crippen LogP contribution in [0.2, 0.25) is 0 Å². The summed E-state index contributed by atoms with van der Waals surface area (Å²) < 4.78 is 5.59. The van der Waals surface area contributed by atoms with Crippen LogP contribution >= 0.6 is 11.3 Å². The highest BCUT2D eigenvalue weighted by Crippen LogP contribution is 2.33. The van der Waals surface area contributed by atoms with E-state index < -0.39 is 0 Å². The van der Waals surface area contributed by atoms with Gasteiger partial charge < -0.3 is 10.1 Å². The smallest absolute Gasteiger partial charge is 0.125 e. The van der Waals surface area contributed by atoms with Crippen molar-refractivity contribution in [2.75, 3.05) is 13.7 Å². The fraction of sp³-hybridized carbons (Fsp3) is 0.769. The molecule has 1 rings (SSSR count). The van der Waals surface area contributed by atoms with Crippen LogP contribution < -0.4 is 5.32 Å². The number of rotatable bonds is 7. The van der Waals surface area contributed by atoms with E-state index in [9.17, 15) is 0 Å². The normalized spacial score (nSPS) is 14.9. The minimum Gasteiger partial charge on any atom is -0.371 e. The Morgan fingerprint density at radius 2 is 2.12 bits per heavy atom. The molecule has 0 radical (unpaired) electrons. The Morgan fingerprint density at radius 1 is 1.41 bits per heavy atom. The van der Waals surface area contributed by atoms with E-state index in [-0.39, 0.29) is 5.60 Å². The summed E-state index contributed by atoms with van der Waals surface area (Å²) in [6, 6.07) is 0. The monoisotopic (exact) mass is 256 g/mol. The van der Waals surface area contributed by atoms with Crippen molar-refractivity contribution < 1.29 is 4.74 Å². The third kappa shape index (κ3) is 3.50. The van der Waals surface area contributed by atoms with Crippen LogP contribution in [-0.4, -0.2) is 18.6 Å². The standard InChI is InChI=1S/C13H24N2OS/c1-6-8-14-9-11-10(3)15-12(17-11)13(4,7-2)16-5/h14H,6-9H2,1-5H3. The van der Waals surface area contributed by atoms with Gasteiger partial charge in [0, 0.05) is 18.5 Å². The second kappa shape index (κ2) is 6.47. The molecule has 0 saturated carbocycles. The molecule has 0 aromatic carbocycles. The SMILES string of the molecule is CCCNCc1sc(C(C)(CC)OC)nc1C. The second-order valence-corrected chi connectivity index (χ2v) is 5.58. The Bertz CT molecular complexity index is 345. The molecule has 1 aromatic rings. The predicted molar refractivity (Wildman–Crippen MR) is 73.5 cm³/mol. The molecule has 0 fully saturated rings. The number of nitrogens with zero attached hydrogens (tertiary/aromatic N) is 1. The number of nitrogens with one attached hydrogen (secondary N) is 1. The van der Waals surface area contributed by atoms with Gasteiger partial charge in [0.2, 0.25) is 0 Å². The van der Waals surface area contributed by atoms with Gasteiger partial charge in [0.05, 0.1) is 5.69 Å². The van der Waals surface area contributed by atoms with E-state index in [1.54, 1.807) is 18.4 Å². The van der Waals surface area contributed by atoms with Crippen molar-refractivity contribution in [2.45, 2.75) is 52.7 Å². The number of hydrogen-bond donors (Lipinski definition) is 1. The lowest BCUT2D eigenvalue weighted by Crippen LogP contribution is -2.22. The summed E-state index contributed by atoms with van der Waals surface area (Å²) in [5, 5.41) is 4.51. The molecule has 1 atom stereocenters. The third-order valence-electron chi connectivity index (χ3n) is 3.18. The van der Waals surface area contributed by atoms with Gasteiger partial charge in [-0.05, 0) is 33.2 Å². The Morgan fingerprint density at radius 3 is 2.65 bits per heavy atom. The molecule has 3 nitrogen and oxygen atoms in total. The molecule has 0 bridgehead atoms. The minimum atomic E-state index is -0.238. The van der Waals surface area contributed by atoms with Gasteiger partial charge >= 0.3 is 0 Å². The highest BCUT2D eigenvalue weighted by Gasteiger charge is 2.28. The molecular formula is C13H24N2OS. The summed E-state index contributed by atoms with van der Waals surface area (Å²) in [6.07, 6.45) is 2.10. The summed E-state index contributed by atoms with van der Waals surface area (Å²) in [7, 11) is 1.76. The van der Waals surface area contributed by atoms with E-state index in [0.29, 0.717) is 0 Å². The van der Waals surface area contributed by atoms with Crippen LogP contribution in [0.4, 0.5) is 0 Å². The molecular weight excluding hydrogens is 232 g/mol. The molecule has 0 spiro atoms. The van der Waals surface area contributed by atoms with Crippen molar-refractivity contribution in [3.8, 4) is 0 Å². The van der Waals surface area contributed by atoms with E-state index in [0.717, 1.165) is 36.6 Å². The summed E-state index contributed by atoms with van der Waals surface area (Å²) in [5.74, 6) is 0. The fourth-order valence-electron chi connectivity index (χ4n) is 1.58. The number of hydrogen-bond acceptors (Lipinski definition) is 4. The summed E-state index contributed by atoms with van der Waals surface area (Å²) in [5.41, 5.74) is 0.892. The topological polar surface area (TPSA) is 34.1 Å². The first-order valence-corrected chi connectivity index (χ1v) is 7.11. The maximum absolute atomic E-state index is 5.59. The van der Waals surface area contributed by atoms with E-state index >= 15 is 0 Å². The second-order valence-electron chi connectivity index (χ2n) is 4.49. The van der Waals surface area contributed by atoms with Crippen LogP contribution in [0.5, 0.6) is 0 Å². The highest BCUT2D eigenvalue weighted by atomic mass is 32.1. The third-order valence-corrected chi connectivity index (χ3v) is 4.59. The Labute approximate surface area is 109 Å². The van der Waals surface area contributed by atoms with Crippen LogP contribution in [0.1, 0.15) is 49.2 Å². The Balaban J connectivity index is 2.80. The minimum absolute atomic E-state index is 0.238. The van der Waals surface area contributed by atoms with E-state index in [2.05, 4.69) is 38.0 Å². The molecule has 0 aliphatic rings. The van der Waals surface area contributed by atoms with Gasteiger partial charge in [0.25, 0.3) is 0 Å². The van der Waals surface area contributed by atoms with Gasteiger partial charge in [-0.2, -0.15) is 0 Å². The van der Waals surface area contributed by atoms with Crippen molar-refractivity contribution >= 4 is 11.3 Å². The molecule has 4 heteroatoms. The molecule has 17 heavy (non-hydrogen) atoms. The first kappa shape index (κ1) is 14.6. The molecule has 1 N–H and O–H groups in total. The maximum atomic E-state index is 5.59. The number of ether oxygens (including phenoxy) is 1. The van der Waals surface area contributed by atoms with Gasteiger partial charge in [-0.3, -0.25) is 0 Å². The molecule has 1 unspecified atom stereocenters. The van der Waals surface area contributed by atoms with Crippen LogP contribution in [-0.2, 0) is 16.9 Å². The predicted octanol–water partition coefficient (Wildman–Crippen LogP) is 3.22. The zero-order chi connectivity index (χ0) is 12.9. The molecule has 0 saturated heterocycles. The zero-order valence-corrected chi connectivity index (χ0v) is 12.4. The van der Waals surface area contributed by atoms with Crippen LogP contribution in [0.25, 0.3) is 0 Å². The lowest BCUT2D eigenvalue weighted by Gasteiger charge is -2.23. The maximum Gasteiger partial charge on any atom is 0.125 e. The van der Waals surface area contributed by atoms with Crippen molar-refractivity contribution in [3.63, 3.8) is 0 Å². The van der Waals surface area contributed by atoms with Crippen LogP contribution in [0, 0.1) is 6.92 Å². The quantitative estimate of drug-likeness (QED) is 0.761. The largest absolute Gasteiger partial charge is 0.371 e. The molecule has 1 aromatic heterocycles. The molecule has 0 aliphatic carbocycles. The highest BCUT2D eigenvalue weighted by molar-refractivity contribution is 7.11. The van der Waals surface area contributed by atoms with Crippen molar-refractivity contribution in [1.82, 2.24) is 10.3 Å². The van der Waals surface area contributed by atoms with Gasteiger partial charge in [-0.1, -0.05) is 13.8 Å². The van der Waals surface area contributed by atoms with Gasteiger partial charge in [-0.25, -0.2) is 4.98 Å². The Kier molecular flexibility index (Phi) is 5.56. The lowest BCUT2D eigenvalue weighted by molar-refractivity contribution is -0.00163. The van der Waals surface area contributed by atoms with Gasteiger partial charge in [0.1, 0.15) is 10.6 Å². The average Bonchev–Trinajstić information content (AvgIpc) is 2.71. The zero-order valence-electron chi connectivity index (χ0n) is 11.6. The number of methoxy groups -OCH3 is 1. The summed E-state index contributed by atoms with van der Waals surface area (Å²) in [4.78, 5) is 5.98. The average molecular weight is 256 g/mol. The Hall–Kier alpha value is -0.450. The van der Waals surface area contributed by atoms with Crippen molar-refractivity contribution in [1.29, 1.82) is 0 Å². The number of aromatic nitrogens is 1. The fourth-order valence-corrected chi connectivity index (χ4v) is 2.81. The van der Waals surface area contributed by atoms with Gasteiger partial charge in [0.15, 0.2) is 0 Å². The van der Waals surface area contributed by atoms with Crippen molar-refractivity contribution in [3.05, 3.63) is 15.6 Å². The molecule has 0 amide bonds. The van der Waals surface area contributed by atoms with Crippen molar-refractivity contribution in [2.24, 2.45) is 0 Å². The summed E-state index contributed by atoms with van der Waals surface area (Å²) >= 11 is 1.77. The summed E-state index contributed by atoms with van der Waals surface area (Å²) in [6.45, 7) is 10.5. The van der Waals surface area contributed by atoms with Crippen LogP contribution in [0.3, 0.4) is 0 Å². The first-order valence-electron chi connectivity index (χ1n) is 6.30. The van der Waals surface area contributed by atoms with E-state index in [1.165, 1.54) is 4.88 Å².